The standard InChI is InChI=1S/C14H23N3O2/c1-4-13(16-5-2)10-15-9-12-6-7-14(17(18)19)11(3)8-12/h6-8,13,15-16H,4-5,9-10H2,1-3H3. The number of hydrogen-bond acceptors (Lipinski definition) is 4. The molecule has 0 aliphatic rings. The molecule has 106 valence electrons. The Bertz CT molecular complexity index is 421. The zero-order valence-electron chi connectivity index (χ0n) is 11.9. The second-order valence-electron chi connectivity index (χ2n) is 4.67. The average Bonchev–Trinajstić information content (AvgIpc) is 2.37. The van der Waals surface area contributed by atoms with E-state index in [-0.39, 0.29) is 10.6 Å². The summed E-state index contributed by atoms with van der Waals surface area (Å²) >= 11 is 0. The van der Waals surface area contributed by atoms with Gasteiger partial charge in [-0.05, 0) is 31.5 Å². The van der Waals surface area contributed by atoms with Crippen molar-refractivity contribution in [3.8, 4) is 0 Å². The molecule has 0 heterocycles. The topological polar surface area (TPSA) is 67.2 Å². The van der Waals surface area contributed by atoms with Gasteiger partial charge in [0.05, 0.1) is 4.92 Å². The number of nitro benzene ring substituents is 1. The molecule has 0 spiro atoms. The summed E-state index contributed by atoms with van der Waals surface area (Å²) in [6, 6.07) is 5.74. The molecule has 0 aromatic heterocycles. The highest BCUT2D eigenvalue weighted by molar-refractivity contribution is 5.41. The van der Waals surface area contributed by atoms with Crippen molar-refractivity contribution < 1.29 is 4.92 Å². The summed E-state index contributed by atoms with van der Waals surface area (Å²) in [4.78, 5) is 10.4. The first-order valence-electron chi connectivity index (χ1n) is 6.76. The van der Waals surface area contributed by atoms with Gasteiger partial charge in [0, 0.05) is 30.8 Å². The van der Waals surface area contributed by atoms with Crippen molar-refractivity contribution in [2.45, 2.75) is 39.8 Å². The van der Waals surface area contributed by atoms with Gasteiger partial charge >= 0.3 is 0 Å². The maximum absolute atomic E-state index is 10.7. The van der Waals surface area contributed by atoms with Crippen molar-refractivity contribution in [2.75, 3.05) is 13.1 Å². The number of nitro groups is 1. The Labute approximate surface area is 114 Å². The summed E-state index contributed by atoms with van der Waals surface area (Å²) in [7, 11) is 0. The third-order valence-electron chi connectivity index (χ3n) is 3.16. The number of nitrogens with zero attached hydrogens (tertiary/aromatic N) is 1. The van der Waals surface area contributed by atoms with Crippen molar-refractivity contribution in [1.82, 2.24) is 10.6 Å². The quantitative estimate of drug-likeness (QED) is 0.559. The predicted molar refractivity (Wildman–Crippen MR) is 77.3 cm³/mol. The first-order chi connectivity index (χ1) is 9.08. The molecule has 0 saturated carbocycles. The van der Waals surface area contributed by atoms with Crippen LogP contribution >= 0.6 is 0 Å². The van der Waals surface area contributed by atoms with Crippen LogP contribution in [0.4, 0.5) is 5.69 Å². The van der Waals surface area contributed by atoms with Gasteiger partial charge < -0.3 is 10.6 Å². The Morgan fingerprint density at radius 2 is 2.11 bits per heavy atom. The fourth-order valence-electron chi connectivity index (χ4n) is 2.07. The van der Waals surface area contributed by atoms with Crippen LogP contribution in [0.5, 0.6) is 0 Å². The van der Waals surface area contributed by atoms with Crippen LogP contribution in [0.15, 0.2) is 18.2 Å². The summed E-state index contributed by atoms with van der Waals surface area (Å²) in [5.74, 6) is 0. The molecule has 0 radical (unpaired) electrons. The van der Waals surface area contributed by atoms with Gasteiger partial charge in [-0.2, -0.15) is 0 Å². The Kier molecular flexibility index (Phi) is 6.45. The molecule has 0 aliphatic heterocycles. The molecule has 1 atom stereocenters. The van der Waals surface area contributed by atoms with Crippen LogP contribution in [0.1, 0.15) is 31.4 Å². The Balaban J connectivity index is 2.50. The minimum atomic E-state index is -0.342. The average molecular weight is 265 g/mol. The van der Waals surface area contributed by atoms with E-state index in [0.717, 1.165) is 31.6 Å². The van der Waals surface area contributed by atoms with Crippen LogP contribution < -0.4 is 10.6 Å². The highest BCUT2D eigenvalue weighted by Gasteiger charge is 2.10. The van der Waals surface area contributed by atoms with Gasteiger partial charge in [0.25, 0.3) is 5.69 Å². The highest BCUT2D eigenvalue weighted by Crippen LogP contribution is 2.18. The molecular formula is C14H23N3O2. The van der Waals surface area contributed by atoms with Gasteiger partial charge in [0.15, 0.2) is 0 Å². The molecule has 1 aromatic carbocycles. The number of hydrogen-bond donors (Lipinski definition) is 2. The molecule has 0 bridgehead atoms. The molecular weight excluding hydrogens is 242 g/mol. The van der Waals surface area contributed by atoms with Gasteiger partial charge in [0.2, 0.25) is 0 Å². The van der Waals surface area contributed by atoms with Gasteiger partial charge in [-0.15, -0.1) is 0 Å². The van der Waals surface area contributed by atoms with Crippen LogP contribution in [0.2, 0.25) is 0 Å². The maximum Gasteiger partial charge on any atom is 0.272 e. The van der Waals surface area contributed by atoms with Crippen LogP contribution in [0.25, 0.3) is 0 Å². The van der Waals surface area contributed by atoms with Crippen LogP contribution in [-0.2, 0) is 6.54 Å². The van der Waals surface area contributed by atoms with Crippen LogP contribution in [-0.4, -0.2) is 24.1 Å². The fourth-order valence-corrected chi connectivity index (χ4v) is 2.07. The molecule has 0 amide bonds. The number of rotatable bonds is 8. The third kappa shape index (κ3) is 4.96. The van der Waals surface area contributed by atoms with E-state index in [1.54, 1.807) is 13.0 Å². The van der Waals surface area contributed by atoms with Crippen molar-refractivity contribution in [3.63, 3.8) is 0 Å². The SMILES string of the molecule is CCNC(CC)CNCc1ccc([N+](=O)[O-])c(C)c1. The third-order valence-corrected chi connectivity index (χ3v) is 3.16. The number of likely N-dealkylation sites (N-methyl/N-ethyl adjacent to an activating group) is 1. The molecule has 19 heavy (non-hydrogen) atoms. The highest BCUT2D eigenvalue weighted by atomic mass is 16.6. The summed E-state index contributed by atoms with van der Waals surface area (Å²) in [6.45, 7) is 8.64. The van der Waals surface area contributed by atoms with E-state index < -0.39 is 0 Å². The van der Waals surface area contributed by atoms with Crippen LogP contribution in [0.3, 0.4) is 0 Å². The first kappa shape index (κ1) is 15.6. The number of nitrogens with one attached hydrogen (secondary N) is 2. The molecule has 1 aromatic rings. The van der Waals surface area contributed by atoms with Crippen molar-refractivity contribution >= 4 is 5.69 Å². The van der Waals surface area contributed by atoms with E-state index in [0.29, 0.717) is 11.6 Å². The lowest BCUT2D eigenvalue weighted by molar-refractivity contribution is -0.385. The van der Waals surface area contributed by atoms with E-state index in [1.807, 2.05) is 12.1 Å². The number of aryl methyl sites for hydroxylation is 1. The lowest BCUT2D eigenvalue weighted by Crippen LogP contribution is -2.37. The van der Waals surface area contributed by atoms with E-state index in [4.69, 9.17) is 0 Å². The molecule has 0 fully saturated rings. The Morgan fingerprint density at radius 3 is 2.63 bits per heavy atom. The lowest BCUT2D eigenvalue weighted by Gasteiger charge is -2.16. The Morgan fingerprint density at radius 1 is 1.37 bits per heavy atom. The lowest BCUT2D eigenvalue weighted by atomic mass is 10.1. The summed E-state index contributed by atoms with van der Waals surface area (Å²) in [5, 5.41) is 17.5. The smallest absolute Gasteiger partial charge is 0.272 e. The van der Waals surface area contributed by atoms with E-state index in [2.05, 4.69) is 24.5 Å². The van der Waals surface area contributed by atoms with Gasteiger partial charge in [-0.25, -0.2) is 0 Å². The first-order valence-corrected chi connectivity index (χ1v) is 6.76. The normalized spacial score (nSPS) is 12.4. The zero-order valence-corrected chi connectivity index (χ0v) is 11.9. The minimum Gasteiger partial charge on any atom is -0.313 e. The monoisotopic (exact) mass is 265 g/mol. The molecule has 1 unspecified atom stereocenters. The van der Waals surface area contributed by atoms with E-state index in [9.17, 15) is 10.1 Å². The molecule has 5 nitrogen and oxygen atoms in total. The van der Waals surface area contributed by atoms with E-state index in [1.165, 1.54) is 0 Å². The minimum absolute atomic E-state index is 0.183. The second-order valence-corrected chi connectivity index (χ2v) is 4.67. The Hall–Kier alpha value is -1.46. The fraction of sp³-hybridized carbons (Fsp3) is 0.571. The van der Waals surface area contributed by atoms with Crippen molar-refractivity contribution in [2.24, 2.45) is 0 Å². The molecule has 2 N–H and O–H groups in total. The summed E-state index contributed by atoms with van der Waals surface area (Å²) < 4.78 is 0. The molecule has 1 rings (SSSR count). The largest absolute Gasteiger partial charge is 0.313 e. The number of benzene rings is 1. The van der Waals surface area contributed by atoms with E-state index >= 15 is 0 Å². The van der Waals surface area contributed by atoms with Gasteiger partial charge in [-0.3, -0.25) is 10.1 Å². The molecule has 0 aliphatic carbocycles. The maximum atomic E-state index is 10.7. The van der Waals surface area contributed by atoms with Crippen molar-refractivity contribution in [3.05, 3.63) is 39.4 Å². The second kappa shape index (κ2) is 7.86. The zero-order chi connectivity index (χ0) is 14.3. The van der Waals surface area contributed by atoms with Gasteiger partial charge in [-0.1, -0.05) is 19.9 Å². The summed E-state index contributed by atoms with van der Waals surface area (Å²) in [5.41, 5.74) is 1.97. The predicted octanol–water partition coefficient (Wildman–Crippen LogP) is 2.38. The van der Waals surface area contributed by atoms with Crippen molar-refractivity contribution in [1.29, 1.82) is 0 Å². The van der Waals surface area contributed by atoms with Gasteiger partial charge in [0.1, 0.15) is 0 Å². The summed E-state index contributed by atoms with van der Waals surface area (Å²) in [6.07, 6.45) is 1.08. The van der Waals surface area contributed by atoms with Crippen LogP contribution in [0, 0.1) is 17.0 Å². The molecule has 5 heteroatoms. The molecule has 0 saturated heterocycles.